The Labute approximate surface area is 57.7 Å². The second-order valence-electron chi connectivity index (χ2n) is 1.96. The fraction of sp³-hybridized carbons (Fsp3) is 0.750. The molecule has 1 atom stereocenters. The smallest absolute Gasteiger partial charge is 0.326 e. The average Bonchev–Trinajstić information content (AvgIpc) is 2.11. The van der Waals surface area contributed by atoms with Gasteiger partial charge in [0.05, 0.1) is 6.61 Å². The van der Waals surface area contributed by atoms with E-state index in [1.54, 1.807) is 0 Å². The van der Waals surface area contributed by atoms with Crippen LogP contribution in [0.2, 0.25) is 0 Å². The lowest BCUT2D eigenvalue weighted by molar-refractivity contribution is -0.137. The molecule has 6 heteroatoms. The van der Waals surface area contributed by atoms with Gasteiger partial charge in [-0.05, 0) is 0 Å². The summed E-state index contributed by atoms with van der Waals surface area (Å²) in [5.41, 5.74) is 0. The first kappa shape index (κ1) is 7.49. The van der Waals surface area contributed by atoms with Gasteiger partial charge in [0.2, 0.25) is 0 Å². The Bertz CT molecular complexity index is 240. The molecule has 0 radical (unpaired) electrons. The first-order chi connectivity index (χ1) is 4.52. The van der Waals surface area contributed by atoms with Gasteiger partial charge < -0.3 is 4.74 Å². The van der Waals surface area contributed by atoms with Gasteiger partial charge in [-0.3, -0.25) is 9.35 Å². The number of ether oxygens (including phenoxy) is 1. The summed E-state index contributed by atoms with van der Waals surface area (Å²) in [6, 6.07) is 0. The zero-order valence-corrected chi connectivity index (χ0v) is 5.80. The molecule has 58 valence electrons. The van der Waals surface area contributed by atoms with Gasteiger partial charge in [0.15, 0.2) is 5.25 Å². The molecular weight excluding hydrogens is 160 g/mol. The Kier molecular flexibility index (Phi) is 1.65. The van der Waals surface area contributed by atoms with E-state index in [0.29, 0.717) is 0 Å². The minimum Gasteiger partial charge on any atom is -0.465 e. The number of rotatable bonds is 1. The summed E-state index contributed by atoms with van der Waals surface area (Å²) < 4.78 is 33.3. The third-order valence-electron chi connectivity index (χ3n) is 1.25. The summed E-state index contributed by atoms with van der Waals surface area (Å²) in [6.07, 6.45) is 0.0532. The van der Waals surface area contributed by atoms with E-state index >= 15 is 0 Å². The topological polar surface area (TPSA) is 80.7 Å². The molecule has 0 spiro atoms. The van der Waals surface area contributed by atoms with E-state index in [9.17, 15) is 13.2 Å². The second kappa shape index (κ2) is 2.21. The van der Waals surface area contributed by atoms with E-state index in [2.05, 4.69) is 4.74 Å². The molecule has 0 bridgehead atoms. The molecule has 0 saturated carbocycles. The lowest BCUT2D eigenvalue weighted by Crippen LogP contribution is -2.24. The van der Waals surface area contributed by atoms with Crippen molar-refractivity contribution in [2.75, 3.05) is 6.61 Å². The zero-order valence-electron chi connectivity index (χ0n) is 4.98. The van der Waals surface area contributed by atoms with Crippen molar-refractivity contribution in [3.05, 3.63) is 0 Å². The van der Waals surface area contributed by atoms with Gasteiger partial charge in [-0.1, -0.05) is 0 Å². The van der Waals surface area contributed by atoms with Crippen LogP contribution in [0, 0.1) is 0 Å². The molecule has 5 nitrogen and oxygen atoms in total. The van der Waals surface area contributed by atoms with Crippen molar-refractivity contribution in [1.82, 2.24) is 0 Å². The summed E-state index contributed by atoms with van der Waals surface area (Å²) in [4.78, 5) is 10.5. The van der Waals surface area contributed by atoms with Crippen molar-refractivity contribution in [2.45, 2.75) is 11.7 Å². The van der Waals surface area contributed by atoms with Crippen LogP contribution < -0.4 is 0 Å². The summed E-state index contributed by atoms with van der Waals surface area (Å²) in [6.45, 7) is 0.0727. The zero-order chi connectivity index (χ0) is 7.78. The Morgan fingerprint density at radius 2 is 2.20 bits per heavy atom. The molecule has 1 fully saturated rings. The molecule has 0 aromatic carbocycles. The highest BCUT2D eigenvalue weighted by molar-refractivity contribution is 7.87. The van der Waals surface area contributed by atoms with E-state index in [0.717, 1.165) is 0 Å². The predicted octanol–water partition coefficient (Wildman–Crippen LogP) is -0.810. The number of carbonyl (C=O) groups excluding carboxylic acids is 1. The highest BCUT2D eigenvalue weighted by atomic mass is 32.2. The van der Waals surface area contributed by atoms with E-state index in [1.165, 1.54) is 0 Å². The van der Waals surface area contributed by atoms with E-state index in [-0.39, 0.29) is 13.0 Å². The maximum atomic E-state index is 10.5. The van der Waals surface area contributed by atoms with Gasteiger partial charge in [-0.25, -0.2) is 0 Å². The molecular formula is C4H6O5S. The third kappa shape index (κ3) is 1.27. The molecule has 10 heavy (non-hydrogen) atoms. The fourth-order valence-electron chi connectivity index (χ4n) is 0.748. The molecule has 1 rings (SSSR count). The molecule has 0 aliphatic carbocycles. The van der Waals surface area contributed by atoms with Crippen LogP contribution in [-0.4, -0.2) is 30.8 Å². The van der Waals surface area contributed by atoms with Gasteiger partial charge >= 0.3 is 5.97 Å². The molecule has 1 aliphatic heterocycles. The van der Waals surface area contributed by atoms with Crippen molar-refractivity contribution in [2.24, 2.45) is 0 Å². The number of hydrogen-bond acceptors (Lipinski definition) is 4. The SMILES string of the molecule is O=C1OCCC1S(=O)(=O)O. The van der Waals surface area contributed by atoms with Crippen LogP contribution in [0.3, 0.4) is 0 Å². The Morgan fingerprint density at radius 3 is 2.40 bits per heavy atom. The molecule has 1 saturated heterocycles. The van der Waals surface area contributed by atoms with Crippen LogP contribution in [-0.2, 0) is 19.6 Å². The van der Waals surface area contributed by atoms with Crippen LogP contribution in [0.25, 0.3) is 0 Å². The van der Waals surface area contributed by atoms with Crippen molar-refractivity contribution < 1.29 is 22.5 Å². The predicted molar refractivity (Wildman–Crippen MR) is 30.9 cm³/mol. The highest BCUT2D eigenvalue weighted by Crippen LogP contribution is 2.13. The van der Waals surface area contributed by atoms with Gasteiger partial charge in [-0.2, -0.15) is 8.42 Å². The van der Waals surface area contributed by atoms with Crippen LogP contribution in [0.15, 0.2) is 0 Å². The lowest BCUT2D eigenvalue weighted by Gasteiger charge is -1.97. The largest absolute Gasteiger partial charge is 0.465 e. The van der Waals surface area contributed by atoms with Crippen molar-refractivity contribution in [3.8, 4) is 0 Å². The molecule has 1 N–H and O–H groups in total. The molecule has 0 aromatic rings. The Morgan fingerprint density at radius 1 is 1.60 bits per heavy atom. The van der Waals surface area contributed by atoms with Crippen molar-refractivity contribution >= 4 is 16.1 Å². The number of carbonyl (C=O) groups is 1. The lowest BCUT2D eigenvalue weighted by atomic mass is 10.4. The molecule has 1 heterocycles. The average molecular weight is 166 g/mol. The number of cyclic esters (lactones) is 1. The Balaban J connectivity index is 2.84. The fourth-order valence-corrected chi connectivity index (χ4v) is 1.45. The summed E-state index contributed by atoms with van der Waals surface area (Å²) >= 11 is 0. The number of hydrogen-bond donors (Lipinski definition) is 1. The van der Waals surface area contributed by atoms with Gasteiger partial charge in [0.25, 0.3) is 10.1 Å². The number of esters is 1. The summed E-state index contributed by atoms with van der Waals surface area (Å²) in [5, 5.41) is -1.35. The third-order valence-corrected chi connectivity index (χ3v) is 2.39. The second-order valence-corrected chi connectivity index (χ2v) is 3.56. The molecule has 1 unspecified atom stereocenters. The van der Waals surface area contributed by atoms with E-state index in [1.807, 2.05) is 0 Å². The van der Waals surface area contributed by atoms with Crippen molar-refractivity contribution in [1.29, 1.82) is 0 Å². The van der Waals surface area contributed by atoms with Crippen LogP contribution in [0.5, 0.6) is 0 Å². The first-order valence-corrected chi connectivity index (χ1v) is 4.15. The Hall–Kier alpha value is -0.620. The first-order valence-electron chi connectivity index (χ1n) is 2.65. The van der Waals surface area contributed by atoms with E-state index in [4.69, 9.17) is 4.55 Å². The van der Waals surface area contributed by atoms with Crippen molar-refractivity contribution in [3.63, 3.8) is 0 Å². The standard InChI is InChI=1S/C4H6O5S/c5-4-3(1-2-9-4)10(6,7)8/h3H,1-2H2,(H,6,7,8). The minimum absolute atomic E-state index is 0.0532. The van der Waals surface area contributed by atoms with Gasteiger partial charge in [0.1, 0.15) is 0 Å². The normalized spacial score (nSPS) is 26.5. The van der Waals surface area contributed by atoms with Crippen LogP contribution in [0.1, 0.15) is 6.42 Å². The molecule has 1 aliphatic rings. The van der Waals surface area contributed by atoms with Gasteiger partial charge in [-0.15, -0.1) is 0 Å². The monoisotopic (exact) mass is 166 g/mol. The summed E-state index contributed by atoms with van der Waals surface area (Å²) in [7, 11) is -4.23. The molecule has 0 amide bonds. The van der Waals surface area contributed by atoms with Crippen LogP contribution >= 0.6 is 0 Å². The quantitative estimate of drug-likeness (QED) is 0.407. The maximum Gasteiger partial charge on any atom is 0.326 e. The van der Waals surface area contributed by atoms with E-state index < -0.39 is 21.3 Å². The van der Waals surface area contributed by atoms with Crippen LogP contribution in [0.4, 0.5) is 0 Å². The summed E-state index contributed by atoms with van der Waals surface area (Å²) in [5.74, 6) is -0.859. The highest BCUT2D eigenvalue weighted by Gasteiger charge is 2.36. The van der Waals surface area contributed by atoms with Gasteiger partial charge in [0, 0.05) is 6.42 Å². The molecule has 0 aromatic heterocycles. The minimum atomic E-state index is -4.23. The maximum absolute atomic E-state index is 10.5.